The van der Waals surface area contributed by atoms with Crippen molar-refractivity contribution in [3.05, 3.63) is 212 Å². The van der Waals surface area contributed by atoms with Gasteiger partial charge in [-0.15, -0.1) is 0 Å². The summed E-state index contributed by atoms with van der Waals surface area (Å²) in [6, 6.07) is 72.6. The summed E-state index contributed by atoms with van der Waals surface area (Å²) in [5, 5.41) is 7.09. The number of rotatable bonds is 7. The van der Waals surface area contributed by atoms with Gasteiger partial charge in [-0.25, -0.2) is 4.98 Å². The van der Waals surface area contributed by atoms with Crippen LogP contribution in [0.3, 0.4) is 0 Å². The van der Waals surface area contributed by atoms with Gasteiger partial charge in [0.2, 0.25) is 0 Å². The van der Waals surface area contributed by atoms with E-state index in [1.54, 1.807) is 0 Å². The predicted molar refractivity (Wildman–Crippen MR) is 237 cm³/mol. The Hall–Kier alpha value is -7.69. The number of nitrogens with zero attached hydrogens (tertiary/aromatic N) is 3. The lowest BCUT2D eigenvalue weighted by Crippen LogP contribution is -2.11. The summed E-state index contributed by atoms with van der Waals surface area (Å²) in [4.78, 5) is 9.56. The molecule has 0 saturated carbocycles. The molecule has 1 aromatic heterocycles. The Morgan fingerprint density at radius 2 is 0.877 bits per heavy atom. The van der Waals surface area contributed by atoms with Crippen LogP contribution in [0.4, 0.5) is 34.3 Å². The number of benzene rings is 9. The van der Waals surface area contributed by atoms with Crippen LogP contribution in [0, 0.1) is 0 Å². The maximum absolute atomic E-state index is 6.83. The van der Waals surface area contributed by atoms with Crippen molar-refractivity contribution >= 4 is 66.6 Å². The monoisotopic (exact) mass is 729 g/mol. The minimum atomic E-state index is 0.843. The molecule has 0 saturated heterocycles. The number of pyridine rings is 1. The maximum Gasteiger partial charge on any atom is 0.137 e. The van der Waals surface area contributed by atoms with E-state index >= 15 is 0 Å². The molecule has 0 aliphatic carbocycles. The molecule has 0 N–H and O–H groups in total. The zero-order valence-corrected chi connectivity index (χ0v) is 31.0. The first-order valence-electron chi connectivity index (χ1n) is 19.3. The summed E-state index contributed by atoms with van der Waals surface area (Å²) in [5.74, 6) is 2.57. The van der Waals surface area contributed by atoms with E-state index in [0.29, 0.717) is 0 Å². The van der Waals surface area contributed by atoms with E-state index < -0.39 is 0 Å². The zero-order chi connectivity index (χ0) is 37.7. The van der Waals surface area contributed by atoms with Crippen molar-refractivity contribution in [2.24, 2.45) is 0 Å². The summed E-state index contributed by atoms with van der Waals surface area (Å²) in [6.07, 6.45) is 2.01. The molecular weight excluding hydrogens is 695 g/mol. The van der Waals surface area contributed by atoms with E-state index in [1.165, 1.54) is 32.5 Å². The van der Waals surface area contributed by atoms with Gasteiger partial charge in [0.25, 0.3) is 0 Å². The standard InChI is InChI=1S/C53H35N3O/c1-5-16-37(17-6-1)55(38-18-7-2-8-19-38)41-29-30-44-49-34-47-43-25-14-13-24-42(43)46(33-48(47)45-26-15-27-50(53(45)49)57-51(44)32-41)36-28-31-52(54-35-36)56(39-20-9-3-10-21-39)40-22-11-4-12-23-40/h1-35H. The highest BCUT2D eigenvalue weighted by Gasteiger charge is 2.25. The lowest BCUT2D eigenvalue weighted by molar-refractivity contribution is 0.487. The van der Waals surface area contributed by atoms with Crippen LogP contribution in [0.25, 0.3) is 54.6 Å². The van der Waals surface area contributed by atoms with Crippen LogP contribution < -0.4 is 14.5 Å². The maximum atomic E-state index is 6.83. The molecule has 0 atom stereocenters. The molecule has 9 aromatic carbocycles. The van der Waals surface area contributed by atoms with Crippen molar-refractivity contribution in [3.63, 3.8) is 0 Å². The van der Waals surface area contributed by atoms with E-state index in [2.05, 4.69) is 204 Å². The summed E-state index contributed by atoms with van der Waals surface area (Å²) >= 11 is 0. The van der Waals surface area contributed by atoms with Gasteiger partial charge in [-0.3, -0.25) is 4.90 Å². The fourth-order valence-electron chi connectivity index (χ4n) is 8.48. The van der Waals surface area contributed by atoms with E-state index in [4.69, 9.17) is 9.72 Å². The average molecular weight is 730 g/mol. The van der Waals surface area contributed by atoms with Gasteiger partial charge in [0.05, 0.1) is 0 Å². The smallest absolute Gasteiger partial charge is 0.137 e. The van der Waals surface area contributed by atoms with Crippen LogP contribution in [0.1, 0.15) is 0 Å². The van der Waals surface area contributed by atoms with Gasteiger partial charge < -0.3 is 9.64 Å². The third-order valence-corrected chi connectivity index (χ3v) is 11.0. The van der Waals surface area contributed by atoms with Gasteiger partial charge in [0.15, 0.2) is 0 Å². The van der Waals surface area contributed by atoms with Gasteiger partial charge in [-0.2, -0.15) is 0 Å². The Kier molecular flexibility index (Phi) is 7.78. The molecule has 2 heterocycles. The van der Waals surface area contributed by atoms with Crippen LogP contribution in [-0.4, -0.2) is 4.98 Å². The minimum absolute atomic E-state index is 0.843. The number of fused-ring (bicyclic) bond motifs is 6. The molecule has 0 fully saturated rings. The molecule has 4 nitrogen and oxygen atoms in total. The van der Waals surface area contributed by atoms with E-state index in [9.17, 15) is 0 Å². The molecule has 0 amide bonds. The molecule has 0 bridgehead atoms. The summed E-state index contributed by atoms with van der Waals surface area (Å²) in [6.45, 7) is 0. The summed E-state index contributed by atoms with van der Waals surface area (Å²) in [5.41, 5.74) is 9.80. The van der Waals surface area contributed by atoms with E-state index in [0.717, 1.165) is 67.8 Å². The molecule has 57 heavy (non-hydrogen) atoms. The van der Waals surface area contributed by atoms with Crippen molar-refractivity contribution in [2.45, 2.75) is 0 Å². The van der Waals surface area contributed by atoms with Crippen LogP contribution in [-0.2, 0) is 0 Å². The van der Waals surface area contributed by atoms with E-state index in [-0.39, 0.29) is 0 Å². The number of ether oxygens (including phenoxy) is 1. The third kappa shape index (κ3) is 5.58. The SMILES string of the molecule is c1ccc(N(c2ccccc2)c2ccc3c(c2)Oc2cccc4c2c-3cc2c3ccccc3c(-c3ccc(N(c5ccccc5)c5ccccc5)nc3)cc42)cc1. The summed E-state index contributed by atoms with van der Waals surface area (Å²) < 4.78 is 6.83. The van der Waals surface area contributed by atoms with Crippen LogP contribution >= 0.6 is 0 Å². The summed E-state index contributed by atoms with van der Waals surface area (Å²) in [7, 11) is 0. The first-order chi connectivity index (χ1) is 28.3. The number of hydrogen-bond donors (Lipinski definition) is 0. The number of anilines is 6. The number of para-hydroxylation sites is 4. The Labute approximate surface area is 331 Å². The van der Waals surface area contributed by atoms with Crippen molar-refractivity contribution < 1.29 is 4.74 Å². The van der Waals surface area contributed by atoms with Crippen molar-refractivity contribution in [1.29, 1.82) is 0 Å². The van der Waals surface area contributed by atoms with Gasteiger partial charge in [0, 0.05) is 57.2 Å². The lowest BCUT2D eigenvalue weighted by Gasteiger charge is -2.28. The van der Waals surface area contributed by atoms with Crippen molar-refractivity contribution in [1.82, 2.24) is 4.98 Å². The predicted octanol–water partition coefficient (Wildman–Crippen LogP) is 14.9. The number of hydrogen-bond acceptors (Lipinski definition) is 4. The highest BCUT2D eigenvalue weighted by Crippen LogP contribution is 2.52. The van der Waals surface area contributed by atoms with Gasteiger partial charge in [-0.1, -0.05) is 109 Å². The normalized spacial score (nSPS) is 11.6. The molecule has 10 aromatic rings. The molecule has 0 spiro atoms. The van der Waals surface area contributed by atoms with Gasteiger partial charge >= 0.3 is 0 Å². The molecule has 11 rings (SSSR count). The minimum Gasteiger partial charge on any atom is -0.456 e. The fraction of sp³-hybridized carbons (Fsp3) is 0. The second kappa shape index (κ2) is 13.6. The Morgan fingerprint density at radius 1 is 0.333 bits per heavy atom. The Balaban J connectivity index is 1.05. The Morgan fingerprint density at radius 3 is 1.49 bits per heavy atom. The largest absolute Gasteiger partial charge is 0.456 e. The molecule has 0 unspecified atom stereocenters. The molecular formula is C53H35N3O. The topological polar surface area (TPSA) is 28.6 Å². The van der Waals surface area contributed by atoms with Crippen molar-refractivity contribution in [3.8, 4) is 33.8 Å². The van der Waals surface area contributed by atoms with E-state index in [1.807, 2.05) is 18.3 Å². The molecule has 268 valence electrons. The molecule has 4 heteroatoms. The highest BCUT2D eigenvalue weighted by molar-refractivity contribution is 6.25. The third-order valence-electron chi connectivity index (χ3n) is 11.0. The van der Waals surface area contributed by atoms with Crippen LogP contribution in [0.2, 0.25) is 0 Å². The quantitative estimate of drug-likeness (QED) is 0.153. The van der Waals surface area contributed by atoms with Crippen LogP contribution in [0.5, 0.6) is 11.5 Å². The number of aromatic nitrogens is 1. The highest BCUT2D eigenvalue weighted by atomic mass is 16.5. The van der Waals surface area contributed by atoms with Crippen molar-refractivity contribution in [2.75, 3.05) is 9.80 Å². The first-order valence-corrected chi connectivity index (χ1v) is 19.3. The average Bonchev–Trinajstić information content (AvgIpc) is 3.28. The Bertz CT molecular complexity index is 3000. The van der Waals surface area contributed by atoms with Gasteiger partial charge in [0.1, 0.15) is 17.3 Å². The van der Waals surface area contributed by atoms with Gasteiger partial charge in [-0.05, 0) is 129 Å². The fourth-order valence-corrected chi connectivity index (χ4v) is 8.48. The lowest BCUT2D eigenvalue weighted by atomic mass is 9.86. The zero-order valence-electron chi connectivity index (χ0n) is 31.0. The molecule has 1 aliphatic heterocycles. The first kappa shape index (κ1) is 32.7. The second-order valence-corrected chi connectivity index (χ2v) is 14.4. The second-order valence-electron chi connectivity index (χ2n) is 14.4. The molecule has 1 aliphatic rings. The van der Waals surface area contributed by atoms with Crippen LogP contribution in [0.15, 0.2) is 212 Å². The molecule has 0 radical (unpaired) electrons.